The van der Waals surface area contributed by atoms with E-state index in [1.54, 1.807) is 0 Å². The summed E-state index contributed by atoms with van der Waals surface area (Å²) >= 11 is 0. The predicted octanol–water partition coefficient (Wildman–Crippen LogP) is 2.43. The third kappa shape index (κ3) is 4.41. The summed E-state index contributed by atoms with van der Waals surface area (Å²) in [5.41, 5.74) is 2.77. The van der Waals surface area contributed by atoms with Crippen LogP contribution in [0.5, 0.6) is 0 Å². The molecular formula is C20H26N2O. The molecular weight excluding hydrogens is 284 g/mol. The molecule has 0 aromatic heterocycles. The Kier molecular flexibility index (Phi) is 5.81. The Balaban J connectivity index is 1.70. The zero-order valence-electron chi connectivity index (χ0n) is 13.6. The van der Waals surface area contributed by atoms with Gasteiger partial charge in [-0.3, -0.25) is 9.80 Å². The van der Waals surface area contributed by atoms with E-state index in [0.717, 1.165) is 39.3 Å². The van der Waals surface area contributed by atoms with Crippen molar-refractivity contribution in [2.45, 2.75) is 5.92 Å². The summed E-state index contributed by atoms with van der Waals surface area (Å²) in [6.07, 6.45) is 0. The Hall–Kier alpha value is -1.68. The zero-order valence-corrected chi connectivity index (χ0v) is 13.6. The van der Waals surface area contributed by atoms with Crippen molar-refractivity contribution >= 4 is 0 Å². The molecule has 0 unspecified atom stereocenters. The fraction of sp³-hybridized carbons (Fsp3) is 0.400. The van der Waals surface area contributed by atoms with E-state index in [4.69, 9.17) is 5.11 Å². The van der Waals surface area contributed by atoms with E-state index in [1.807, 2.05) is 0 Å². The summed E-state index contributed by atoms with van der Waals surface area (Å²) in [5, 5.41) is 9.07. The molecule has 0 amide bonds. The number of β-amino-alcohol motifs (C(OH)–C–C–N with tert-alkyl or cyclic N) is 1. The van der Waals surface area contributed by atoms with Crippen LogP contribution in [0.2, 0.25) is 0 Å². The lowest BCUT2D eigenvalue weighted by molar-refractivity contribution is 0.110. The minimum atomic E-state index is 0.261. The minimum Gasteiger partial charge on any atom is -0.395 e. The van der Waals surface area contributed by atoms with Gasteiger partial charge >= 0.3 is 0 Å². The summed E-state index contributed by atoms with van der Waals surface area (Å²) in [7, 11) is 0. The minimum absolute atomic E-state index is 0.261. The average Bonchev–Trinajstić information content (AvgIpc) is 2.63. The van der Waals surface area contributed by atoms with E-state index >= 15 is 0 Å². The lowest BCUT2D eigenvalue weighted by Crippen LogP contribution is -2.48. The molecule has 0 radical (unpaired) electrons. The normalized spacial score (nSPS) is 16.8. The molecule has 1 N–H and O–H groups in total. The van der Waals surface area contributed by atoms with Crippen molar-refractivity contribution in [3.05, 3.63) is 71.8 Å². The summed E-state index contributed by atoms with van der Waals surface area (Å²) in [5.74, 6) is 0.418. The largest absolute Gasteiger partial charge is 0.395 e. The van der Waals surface area contributed by atoms with Crippen LogP contribution in [0.15, 0.2) is 60.7 Å². The average molecular weight is 310 g/mol. The Morgan fingerprint density at radius 2 is 1.22 bits per heavy atom. The molecule has 0 atom stereocenters. The van der Waals surface area contributed by atoms with E-state index in [0.29, 0.717) is 5.92 Å². The number of hydrogen-bond donors (Lipinski definition) is 1. The van der Waals surface area contributed by atoms with Crippen molar-refractivity contribution < 1.29 is 5.11 Å². The quantitative estimate of drug-likeness (QED) is 0.888. The number of aliphatic hydroxyl groups is 1. The van der Waals surface area contributed by atoms with Gasteiger partial charge in [0.2, 0.25) is 0 Å². The fourth-order valence-corrected chi connectivity index (χ4v) is 3.37. The molecule has 23 heavy (non-hydrogen) atoms. The van der Waals surface area contributed by atoms with Crippen LogP contribution in [-0.4, -0.2) is 60.8 Å². The Morgan fingerprint density at radius 1 is 0.739 bits per heavy atom. The molecule has 1 fully saturated rings. The summed E-state index contributed by atoms with van der Waals surface area (Å²) in [6.45, 7) is 6.38. The molecule has 1 aliphatic rings. The maximum Gasteiger partial charge on any atom is 0.0558 e. The van der Waals surface area contributed by atoms with Crippen LogP contribution in [0, 0.1) is 0 Å². The van der Waals surface area contributed by atoms with Crippen LogP contribution in [0.3, 0.4) is 0 Å². The second-order valence-corrected chi connectivity index (χ2v) is 6.24. The van der Waals surface area contributed by atoms with Gasteiger partial charge in [0.25, 0.3) is 0 Å². The van der Waals surface area contributed by atoms with Gasteiger partial charge in [-0.05, 0) is 11.1 Å². The molecule has 0 aliphatic carbocycles. The fourth-order valence-electron chi connectivity index (χ4n) is 3.37. The van der Waals surface area contributed by atoms with Crippen LogP contribution in [-0.2, 0) is 0 Å². The van der Waals surface area contributed by atoms with Gasteiger partial charge < -0.3 is 5.11 Å². The van der Waals surface area contributed by atoms with Gasteiger partial charge in [-0.25, -0.2) is 0 Å². The van der Waals surface area contributed by atoms with Gasteiger partial charge in [0.15, 0.2) is 0 Å². The Labute approximate surface area is 139 Å². The number of piperazine rings is 1. The number of aliphatic hydroxyl groups excluding tert-OH is 1. The van der Waals surface area contributed by atoms with Crippen molar-refractivity contribution in [2.75, 3.05) is 45.9 Å². The van der Waals surface area contributed by atoms with Gasteiger partial charge in [0, 0.05) is 45.2 Å². The first-order valence-electron chi connectivity index (χ1n) is 8.52. The molecule has 0 saturated carbocycles. The van der Waals surface area contributed by atoms with Gasteiger partial charge in [-0.2, -0.15) is 0 Å². The smallest absolute Gasteiger partial charge is 0.0558 e. The molecule has 0 spiro atoms. The molecule has 0 bridgehead atoms. The van der Waals surface area contributed by atoms with Crippen molar-refractivity contribution in [1.29, 1.82) is 0 Å². The SMILES string of the molecule is OCCN1CCN(CC(c2ccccc2)c2ccccc2)CC1. The van der Waals surface area contributed by atoms with Crippen LogP contribution in [0.4, 0.5) is 0 Å². The third-order valence-electron chi connectivity index (χ3n) is 4.73. The number of nitrogens with zero attached hydrogens (tertiary/aromatic N) is 2. The van der Waals surface area contributed by atoms with Gasteiger partial charge in [0.05, 0.1) is 6.61 Å². The topological polar surface area (TPSA) is 26.7 Å². The predicted molar refractivity (Wildman–Crippen MR) is 94.7 cm³/mol. The standard InChI is InChI=1S/C20H26N2O/c23-16-15-21-11-13-22(14-12-21)17-20(18-7-3-1-4-8-18)19-9-5-2-6-10-19/h1-10,20,23H,11-17H2. The van der Waals surface area contributed by atoms with E-state index in [1.165, 1.54) is 11.1 Å². The molecule has 3 heteroatoms. The molecule has 3 rings (SSSR count). The molecule has 122 valence electrons. The highest BCUT2D eigenvalue weighted by Gasteiger charge is 2.21. The van der Waals surface area contributed by atoms with E-state index in [-0.39, 0.29) is 6.61 Å². The highest BCUT2D eigenvalue weighted by molar-refractivity contribution is 5.32. The van der Waals surface area contributed by atoms with Gasteiger partial charge in [-0.1, -0.05) is 60.7 Å². The molecule has 2 aromatic rings. The summed E-state index contributed by atoms with van der Waals surface area (Å²) in [6, 6.07) is 21.6. The van der Waals surface area contributed by atoms with E-state index < -0.39 is 0 Å². The first kappa shape index (κ1) is 16.2. The maximum atomic E-state index is 9.07. The number of benzene rings is 2. The zero-order chi connectivity index (χ0) is 15.9. The van der Waals surface area contributed by atoms with Crippen molar-refractivity contribution in [1.82, 2.24) is 9.80 Å². The maximum absolute atomic E-state index is 9.07. The second-order valence-electron chi connectivity index (χ2n) is 6.24. The monoisotopic (exact) mass is 310 g/mol. The first-order chi connectivity index (χ1) is 11.4. The number of hydrogen-bond acceptors (Lipinski definition) is 3. The molecule has 1 heterocycles. The van der Waals surface area contributed by atoms with Gasteiger partial charge in [0.1, 0.15) is 0 Å². The van der Waals surface area contributed by atoms with Gasteiger partial charge in [-0.15, -0.1) is 0 Å². The van der Waals surface area contributed by atoms with Crippen molar-refractivity contribution in [3.63, 3.8) is 0 Å². The Bertz CT molecular complexity index is 525. The van der Waals surface area contributed by atoms with Crippen molar-refractivity contribution in [2.24, 2.45) is 0 Å². The molecule has 1 saturated heterocycles. The highest BCUT2D eigenvalue weighted by atomic mass is 16.3. The van der Waals surface area contributed by atoms with Crippen LogP contribution < -0.4 is 0 Å². The van der Waals surface area contributed by atoms with Crippen LogP contribution >= 0.6 is 0 Å². The van der Waals surface area contributed by atoms with Crippen LogP contribution in [0.25, 0.3) is 0 Å². The van der Waals surface area contributed by atoms with Crippen molar-refractivity contribution in [3.8, 4) is 0 Å². The van der Waals surface area contributed by atoms with E-state index in [9.17, 15) is 0 Å². The summed E-state index contributed by atoms with van der Waals surface area (Å²) < 4.78 is 0. The summed E-state index contributed by atoms with van der Waals surface area (Å²) in [4.78, 5) is 4.90. The molecule has 2 aromatic carbocycles. The van der Waals surface area contributed by atoms with E-state index in [2.05, 4.69) is 70.5 Å². The number of rotatable bonds is 6. The Morgan fingerprint density at radius 3 is 1.70 bits per heavy atom. The molecule has 3 nitrogen and oxygen atoms in total. The third-order valence-corrected chi connectivity index (χ3v) is 4.73. The second kappa shape index (κ2) is 8.25. The molecule has 1 aliphatic heterocycles. The highest BCUT2D eigenvalue weighted by Crippen LogP contribution is 2.26. The lowest BCUT2D eigenvalue weighted by atomic mass is 9.90. The van der Waals surface area contributed by atoms with Crippen LogP contribution in [0.1, 0.15) is 17.0 Å². The lowest BCUT2D eigenvalue weighted by Gasteiger charge is -2.36. The first-order valence-corrected chi connectivity index (χ1v) is 8.52.